The minimum Gasteiger partial charge on any atom is -0.496 e. The minimum atomic E-state index is -1.17. The van der Waals surface area contributed by atoms with E-state index in [2.05, 4.69) is 16.7 Å². The third-order valence-corrected chi connectivity index (χ3v) is 9.32. The Kier molecular flexibility index (Phi) is 16.2. The number of methoxy groups -OCH3 is 2. The van der Waals surface area contributed by atoms with Gasteiger partial charge in [0.05, 0.1) is 27.2 Å². The standard InChI is InChI=1S/C43H51ClFN3O6.ClH/c1-43(2,3)28-48-35-21-20-31(44)25-33(35)40(54-38(42(48)50)26-39(49)47-27-30-14-6-8-17-34(30)45)32-16-10-19-37(41(32)52-5)53-24-12-23-46-22-11-15-29-13-7-9-18-36(29)51-4;/h6-10,13-14,16-21,25,38,40,46H,11-12,15,22-24,26-28H2,1-5H3,(H,47,49);1H. The molecule has 0 aliphatic carbocycles. The molecule has 2 N–H and O–H groups in total. The number of para-hydroxylation sites is 2. The predicted octanol–water partition coefficient (Wildman–Crippen LogP) is 8.48. The third kappa shape index (κ3) is 11.8. The van der Waals surface area contributed by atoms with Crippen LogP contribution in [-0.2, 0) is 27.3 Å². The fourth-order valence-corrected chi connectivity index (χ4v) is 6.73. The molecular weight excluding hydrogens is 744 g/mol. The smallest absolute Gasteiger partial charge is 0.256 e. The van der Waals surface area contributed by atoms with Crippen LogP contribution in [-0.4, -0.2) is 58.4 Å². The third-order valence-electron chi connectivity index (χ3n) is 9.09. The second-order valence-electron chi connectivity index (χ2n) is 14.5. The summed E-state index contributed by atoms with van der Waals surface area (Å²) in [4.78, 5) is 29.4. The molecule has 0 fully saturated rings. The van der Waals surface area contributed by atoms with Crippen molar-refractivity contribution < 1.29 is 32.9 Å². The molecule has 1 aliphatic heterocycles. The van der Waals surface area contributed by atoms with Crippen molar-refractivity contribution in [3.8, 4) is 17.2 Å². The monoisotopic (exact) mass is 795 g/mol. The molecular formula is C43H52Cl2FN3O6. The number of rotatable bonds is 17. The van der Waals surface area contributed by atoms with Gasteiger partial charge in [0, 0.05) is 40.5 Å². The summed E-state index contributed by atoms with van der Waals surface area (Å²) in [5, 5.41) is 6.71. The van der Waals surface area contributed by atoms with Gasteiger partial charge in [-0.3, -0.25) is 9.59 Å². The molecule has 0 spiro atoms. The van der Waals surface area contributed by atoms with Crippen molar-refractivity contribution >= 4 is 41.5 Å². The van der Waals surface area contributed by atoms with Crippen LogP contribution in [0.2, 0.25) is 5.02 Å². The van der Waals surface area contributed by atoms with Crippen LogP contribution < -0.4 is 29.7 Å². The number of carbonyl (C=O) groups is 2. The number of hydrogen-bond acceptors (Lipinski definition) is 7. The summed E-state index contributed by atoms with van der Waals surface area (Å²) < 4.78 is 38.7. The highest BCUT2D eigenvalue weighted by molar-refractivity contribution is 6.30. The Morgan fingerprint density at radius 3 is 2.33 bits per heavy atom. The molecule has 1 aliphatic rings. The van der Waals surface area contributed by atoms with Crippen LogP contribution in [0.4, 0.5) is 10.1 Å². The molecule has 0 radical (unpaired) electrons. The van der Waals surface area contributed by atoms with Crippen molar-refractivity contribution in [2.45, 2.75) is 65.2 Å². The lowest BCUT2D eigenvalue weighted by atomic mass is 9.94. The molecule has 0 saturated heterocycles. The van der Waals surface area contributed by atoms with E-state index in [-0.39, 0.29) is 36.7 Å². The first kappa shape index (κ1) is 43.4. The summed E-state index contributed by atoms with van der Waals surface area (Å²) in [5.74, 6) is 0.659. The van der Waals surface area contributed by atoms with Gasteiger partial charge >= 0.3 is 0 Å². The van der Waals surface area contributed by atoms with E-state index in [0.717, 1.165) is 38.1 Å². The van der Waals surface area contributed by atoms with Gasteiger partial charge in [-0.15, -0.1) is 12.4 Å². The average Bonchev–Trinajstić information content (AvgIpc) is 3.25. The number of ether oxygens (including phenoxy) is 4. The van der Waals surface area contributed by atoms with E-state index in [9.17, 15) is 14.0 Å². The van der Waals surface area contributed by atoms with Crippen LogP contribution in [0.15, 0.2) is 84.9 Å². The van der Waals surface area contributed by atoms with E-state index in [0.29, 0.717) is 52.1 Å². The molecule has 0 bridgehead atoms. The number of aryl methyl sites for hydroxylation is 1. The molecule has 296 valence electrons. The molecule has 12 heteroatoms. The second kappa shape index (κ2) is 20.5. The minimum absolute atomic E-state index is 0. The molecule has 9 nitrogen and oxygen atoms in total. The van der Waals surface area contributed by atoms with Crippen LogP contribution in [0, 0.1) is 11.2 Å². The van der Waals surface area contributed by atoms with Crippen molar-refractivity contribution in [3.05, 3.63) is 118 Å². The van der Waals surface area contributed by atoms with Gasteiger partial charge in [-0.25, -0.2) is 4.39 Å². The van der Waals surface area contributed by atoms with E-state index < -0.39 is 23.9 Å². The van der Waals surface area contributed by atoms with E-state index in [1.807, 2.05) is 63.2 Å². The summed E-state index contributed by atoms with van der Waals surface area (Å²) >= 11 is 6.59. The highest BCUT2D eigenvalue weighted by Gasteiger charge is 2.40. The molecule has 5 rings (SSSR count). The lowest BCUT2D eigenvalue weighted by molar-refractivity contribution is -0.138. The van der Waals surface area contributed by atoms with Crippen molar-refractivity contribution in [2.24, 2.45) is 5.41 Å². The van der Waals surface area contributed by atoms with Crippen LogP contribution >= 0.6 is 24.0 Å². The quantitative estimate of drug-likeness (QED) is 0.104. The van der Waals surface area contributed by atoms with Gasteiger partial charge in [-0.1, -0.05) is 80.9 Å². The zero-order valence-corrected chi connectivity index (χ0v) is 33.7. The number of anilines is 1. The Hall–Kier alpha value is -4.35. The highest BCUT2D eigenvalue weighted by atomic mass is 35.5. The van der Waals surface area contributed by atoms with Gasteiger partial charge in [-0.2, -0.15) is 0 Å². The summed E-state index contributed by atoms with van der Waals surface area (Å²) in [6.07, 6.45) is 0.367. The van der Waals surface area contributed by atoms with E-state index in [1.54, 1.807) is 49.5 Å². The van der Waals surface area contributed by atoms with Crippen LogP contribution in [0.3, 0.4) is 0 Å². The summed E-state index contributed by atoms with van der Waals surface area (Å²) in [6.45, 7) is 8.53. The number of nitrogens with zero attached hydrogens (tertiary/aromatic N) is 1. The summed E-state index contributed by atoms with van der Waals surface area (Å²) in [5.41, 5.74) is 3.15. The predicted molar refractivity (Wildman–Crippen MR) is 217 cm³/mol. The summed E-state index contributed by atoms with van der Waals surface area (Å²) in [6, 6.07) is 25.2. The van der Waals surface area contributed by atoms with E-state index in [4.69, 9.17) is 30.5 Å². The highest BCUT2D eigenvalue weighted by Crippen LogP contribution is 2.45. The SMILES string of the molecule is COc1ccccc1CCCNCCCOc1cccc(C2OC(CC(=O)NCc3ccccc3F)C(=O)N(CC(C)(C)C)c3ccc(Cl)cc32)c1OC.Cl. The number of carbonyl (C=O) groups excluding carboxylic acids is 2. The zero-order valence-electron chi connectivity index (χ0n) is 32.2. The number of nitrogens with one attached hydrogen (secondary N) is 2. The first-order valence-electron chi connectivity index (χ1n) is 18.4. The Morgan fingerprint density at radius 2 is 1.60 bits per heavy atom. The molecule has 2 unspecified atom stereocenters. The molecule has 2 amide bonds. The fraction of sp³-hybridized carbons (Fsp3) is 0.395. The fourth-order valence-electron chi connectivity index (χ4n) is 6.55. The molecule has 0 aromatic heterocycles. The van der Waals surface area contributed by atoms with E-state index in [1.165, 1.54) is 11.6 Å². The maximum atomic E-state index is 14.4. The van der Waals surface area contributed by atoms with Gasteiger partial charge in [0.15, 0.2) is 11.5 Å². The molecule has 0 saturated carbocycles. The second-order valence-corrected chi connectivity index (χ2v) is 14.9. The van der Waals surface area contributed by atoms with Gasteiger partial charge < -0.3 is 34.5 Å². The van der Waals surface area contributed by atoms with Crippen molar-refractivity contribution in [1.82, 2.24) is 10.6 Å². The van der Waals surface area contributed by atoms with Crippen LogP contribution in [0.1, 0.15) is 68.4 Å². The number of hydrogen-bond donors (Lipinski definition) is 2. The number of benzene rings is 4. The van der Waals surface area contributed by atoms with Crippen molar-refractivity contribution in [1.29, 1.82) is 0 Å². The van der Waals surface area contributed by atoms with Gasteiger partial charge in [0.2, 0.25) is 5.91 Å². The van der Waals surface area contributed by atoms with Crippen LogP contribution in [0.25, 0.3) is 0 Å². The van der Waals surface area contributed by atoms with E-state index >= 15 is 0 Å². The zero-order chi connectivity index (χ0) is 38.7. The molecule has 1 heterocycles. The molecule has 55 heavy (non-hydrogen) atoms. The van der Waals surface area contributed by atoms with Gasteiger partial charge in [0.25, 0.3) is 5.91 Å². The topological polar surface area (TPSA) is 98.4 Å². The van der Waals surface area contributed by atoms with Crippen molar-refractivity contribution in [2.75, 3.05) is 45.4 Å². The first-order chi connectivity index (χ1) is 26.0. The Labute approximate surface area is 335 Å². The largest absolute Gasteiger partial charge is 0.496 e. The Morgan fingerprint density at radius 1 is 0.891 bits per heavy atom. The normalized spacial score (nSPS) is 15.4. The molecule has 2 atom stereocenters. The van der Waals surface area contributed by atoms with Gasteiger partial charge in [-0.05, 0) is 79.7 Å². The summed E-state index contributed by atoms with van der Waals surface area (Å²) in [7, 11) is 3.26. The Bertz CT molecular complexity index is 1890. The van der Waals surface area contributed by atoms with Gasteiger partial charge in [0.1, 0.15) is 23.8 Å². The van der Waals surface area contributed by atoms with Crippen LogP contribution in [0.5, 0.6) is 17.2 Å². The maximum absolute atomic E-state index is 14.4. The maximum Gasteiger partial charge on any atom is 0.256 e. The molecule has 4 aromatic carbocycles. The molecule has 4 aromatic rings. The Balaban J connectivity index is 0.00000673. The van der Waals surface area contributed by atoms with Crippen molar-refractivity contribution in [3.63, 3.8) is 0 Å². The average molecular weight is 797 g/mol. The lowest BCUT2D eigenvalue weighted by Crippen LogP contribution is -2.45. The first-order valence-corrected chi connectivity index (χ1v) is 18.8. The number of amides is 2. The number of halogens is 3. The lowest BCUT2D eigenvalue weighted by Gasteiger charge is -2.31. The number of fused-ring (bicyclic) bond motifs is 1.